The van der Waals surface area contributed by atoms with Crippen LogP contribution in [0.3, 0.4) is 0 Å². The van der Waals surface area contributed by atoms with E-state index >= 15 is 0 Å². The summed E-state index contributed by atoms with van der Waals surface area (Å²) in [5, 5.41) is 7.92. The molecule has 3 rings (SSSR count). The van der Waals surface area contributed by atoms with Gasteiger partial charge < -0.3 is 5.32 Å². The lowest BCUT2D eigenvalue weighted by atomic mass is 10.1. The van der Waals surface area contributed by atoms with Crippen LogP contribution in [0.25, 0.3) is 10.2 Å². The molecule has 7 heteroatoms. The van der Waals surface area contributed by atoms with Crippen LogP contribution >= 0.6 is 11.3 Å². The fraction of sp³-hybridized carbons (Fsp3) is 0.222. The van der Waals surface area contributed by atoms with Gasteiger partial charge in [-0.05, 0) is 57.0 Å². The molecule has 0 saturated heterocycles. The predicted molar refractivity (Wildman–Crippen MR) is 104 cm³/mol. The Labute approximate surface area is 150 Å². The van der Waals surface area contributed by atoms with Gasteiger partial charge in [0.05, 0.1) is 15.8 Å². The van der Waals surface area contributed by atoms with E-state index in [4.69, 9.17) is 0 Å². The number of fused-ring (bicyclic) bond motifs is 1. The highest BCUT2D eigenvalue weighted by Gasteiger charge is 2.15. The summed E-state index contributed by atoms with van der Waals surface area (Å²) in [6.45, 7) is 7.79. The van der Waals surface area contributed by atoms with Crippen LogP contribution in [-0.4, -0.2) is 21.6 Å². The SMILES string of the molecule is CC(C)=NNc1nc2cc(C)c(NC(=O)c3cccnc3)c(C)c2s1. The first kappa shape index (κ1) is 17.0. The second-order valence-corrected chi connectivity index (χ2v) is 6.93. The molecule has 0 aliphatic carbocycles. The van der Waals surface area contributed by atoms with Crippen molar-refractivity contribution in [3.8, 4) is 0 Å². The van der Waals surface area contributed by atoms with Crippen LogP contribution in [0.5, 0.6) is 0 Å². The van der Waals surface area contributed by atoms with Crippen molar-refractivity contribution in [1.29, 1.82) is 0 Å². The number of pyridine rings is 1. The smallest absolute Gasteiger partial charge is 0.257 e. The maximum atomic E-state index is 12.4. The normalized spacial score (nSPS) is 10.6. The molecule has 0 aliphatic rings. The van der Waals surface area contributed by atoms with E-state index in [0.29, 0.717) is 5.56 Å². The number of rotatable bonds is 4. The number of benzene rings is 1. The number of nitrogens with zero attached hydrogens (tertiary/aromatic N) is 3. The van der Waals surface area contributed by atoms with Gasteiger partial charge in [0.15, 0.2) is 0 Å². The Morgan fingerprint density at radius 2 is 2.08 bits per heavy atom. The Balaban J connectivity index is 1.96. The second kappa shape index (κ2) is 6.98. The average Bonchev–Trinajstić information content (AvgIpc) is 3.00. The Bertz CT molecular complexity index is 959. The molecule has 2 aromatic heterocycles. The molecule has 0 bridgehead atoms. The van der Waals surface area contributed by atoms with Crippen molar-refractivity contribution in [2.75, 3.05) is 10.7 Å². The average molecular weight is 353 g/mol. The molecule has 1 aromatic carbocycles. The van der Waals surface area contributed by atoms with Crippen LogP contribution in [0.2, 0.25) is 0 Å². The largest absolute Gasteiger partial charge is 0.321 e. The number of carbonyl (C=O) groups excluding carboxylic acids is 1. The van der Waals surface area contributed by atoms with Gasteiger partial charge >= 0.3 is 0 Å². The third-order valence-electron chi connectivity index (χ3n) is 3.65. The summed E-state index contributed by atoms with van der Waals surface area (Å²) < 4.78 is 1.03. The van der Waals surface area contributed by atoms with Crippen molar-refractivity contribution >= 4 is 44.0 Å². The number of aromatic nitrogens is 2. The Kier molecular flexibility index (Phi) is 4.76. The van der Waals surface area contributed by atoms with Gasteiger partial charge in [0.2, 0.25) is 5.13 Å². The minimum absolute atomic E-state index is 0.173. The molecule has 0 radical (unpaired) electrons. The summed E-state index contributed by atoms with van der Waals surface area (Å²) in [6.07, 6.45) is 3.20. The molecule has 128 valence electrons. The highest BCUT2D eigenvalue weighted by Crippen LogP contribution is 2.35. The Morgan fingerprint density at radius 1 is 1.28 bits per heavy atom. The third kappa shape index (κ3) is 3.66. The van der Waals surface area contributed by atoms with E-state index in [1.54, 1.807) is 24.5 Å². The van der Waals surface area contributed by atoms with E-state index in [2.05, 4.69) is 25.8 Å². The van der Waals surface area contributed by atoms with E-state index < -0.39 is 0 Å². The molecular formula is C18H19N5OS. The minimum atomic E-state index is -0.173. The van der Waals surface area contributed by atoms with Gasteiger partial charge in [0, 0.05) is 23.8 Å². The Morgan fingerprint density at radius 3 is 2.76 bits per heavy atom. The van der Waals surface area contributed by atoms with Gasteiger partial charge in [0.1, 0.15) is 0 Å². The van der Waals surface area contributed by atoms with Crippen molar-refractivity contribution in [3.63, 3.8) is 0 Å². The maximum absolute atomic E-state index is 12.4. The molecule has 2 N–H and O–H groups in total. The van der Waals surface area contributed by atoms with E-state index in [1.807, 2.05) is 33.8 Å². The third-order valence-corrected chi connectivity index (χ3v) is 4.75. The molecule has 2 heterocycles. The number of anilines is 2. The highest BCUT2D eigenvalue weighted by molar-refractivity contribution is 7.22. The number of hydrogen-bond acceptors (Lipinski definition) is 6. The number of thiazole rings is 1. The van der Waals surface area contributed by atoms with Crippen LogP contribution < -0.4 is 10.7 Å². The fourth-order valence-corrected chi connectivity index (χ4v) is 3.36. The van der Waals surface area contributed by atoms with Gasteiger partial charge in [0.25, 0.3) is 5.91 Å². The number of hydrogen-bond donors (Lipinski definition) is 2. The zero-order chi connectivity index (χ0) is 18.0. The number of amides is 1. The molecule has 0 unspecified atom stereocenters. The number of hydrazone groups is 1. The lowest BCUT2D eigenvalue weighted by Gasteiger charge is -2.12. The van der Waals surface area contributed by atoms with Crippen molar-refractivity contribution in [3.05, 3.63) is 47.3 Å². The molecule has 0 spiro atoms. The van der Waals surface area contributed by atoms with Gasteiger partial charge in [-0.2, -0.15) is 5.10 Å². The molecule has 0 fully saturated rings. The molecular weight excluding hydrogens is 334 g/mol. The molecule has 6 nitrogen and oxygen atoms in total. The second-order valence-electron chi connectivity index (χ2n) is 5.93. The van der Waals surface area contributed by atoms with Crippen LogP contribution in [0.15, 0.2) is 35.7 Å². The summed E-state index contributed by atoms with van der Waals surface area (Å²) in [5.74, 6) is -0.173. The van der Waals surface area contributed by atoms with E-state index in [-0.39, 0.29) is 5.91 Å². The monoisotopic (exact) mass is 353 g/mol. The minimum Gasteiger partial charge on any atom is -0.321 e. The van der Waals surface area contributed by atoms with E-state index in [1.165, 1.54) is 11.3 Å². The molecule has 25 heavy (non-hydrogen) atoms. The van der Waals surface area contributed by atoms with Crippen molar-refractivity contribution < 1.29 is 4.79 Å². The summed E-state index contributed by atoms with van der Waals surface area (Å²) in [4.78, 5) is 21.0. The van der Waals surface area contributed by atoms with Gasteiger partial charge in [-0.1, -0.05) is 11.3 Å². The summed E-state index contributed by atoms with van der Waals surface area (Å²) in [6, 6.07) is 5.46. The maximum Gasteiger partial charge on any atom is 0.257 e. The van der Waals surface area contributed by atoms with Gasteiger partial charge in [-0.15, -0.1) is 0 Å². The molecule has 1 amide bonds. The molecule has 0 atom stereocenters. The first-order valence-corrected chi connectivity index (χ1v) is 8.66. The standard InChI is InChI=1S/C18H19N5OS/c1-10(2)22-23-18-20-14-8-11(3)15(12(4)16(14)25-18)21-17(24)13-6-5-7-19-9-13/h5-9H,1-4H3,(H,20,23)(H,21,24). The summed E-state index contributed by atoms with van der Waals surface area (Å²) in [7, 11) is 0. The topological polar surface area (TPSA) is 79.3 Å². The van der Waals surface area contributed by atoms with E-state index in [0.717, 1.165) is 37.9 Å². The van der Waals surface area contributed by atoms with Crippen LogP contribution in [-0.2, 0) is 0 Å². The first-order valence-electron chi connectivity index (χ1n) is 7.84. The van der Waals surface area contributed by atoms with Crippen molar-refractivity contribution in [1.82, 2.24) is 9.97 Å². The zero-order valence-corrected chi connectivity index (χ0v) is 15.4. The fourth-order valence-electron chi connectivity index (χ4n) is 2.47. The van der Waals surface area contributed by atoms with E-state index in [9.17, 15) is 4.79 Å². The van der Waals surface area contributed by atoms with Crippen molar-refractivity contribution in [2.45, 2.75) is 27.7 Å². The molecule has 0 saturated carbocycles. The van der Waals surface area contributed by atoms with Crippen LogP contribution in [0.1, 0.15) is 35.3 Å². The van der Waals surface area contributed by atoms with Gasteiger partial charge in [-0.3, -0.25) is 15.2 Å². The first-order chi connectivity index (χ1) is 12.0. The summed E-state index contributed by atoms with van der Waals surface area (Å²) in [5.41, 5.74) is 8.09. The van der Waals surface area contributed by atoms with Crippen LogP contribution in [0.4, 0.5) is 10.8 Å². The summed E-state index contributed by atoms with van der Waals surface area (Å²) >= 11 is 1.52. The lowest BCUT2D eigenvalue weighted by Crippen LogP contribution is -2.14. The number of nitrogens with one attached hydrogen (secondary N) is 2. The van der Waals surface area contributed by atoms with Crippen molar-refractivity contribution in [2.24, 2.45) is 5.10 Å². The predicted octanol–water partition coefficient (Wildman–Crippen LogP) is 4.37. The highest BCUT2D eigenvalue weighted by atomic mass is 32.1. The molecule has 0 aliphatic heterocycles. The number of carbonyl (C=O) groups is 1. The quantitative estimate of drug-likeness (QED) is 0.539. The van der Waals surface area contributed by atoms with Crippen LogP contribution in [0, 0.1) is 13.8 Å². The van der Waals surface area contributed by atoms with Gasteiger partial charge in [-0.25, -0.2) is 4.98 Å². The number of aryl methyl sites for hydroxylation is 2. The Hall–Kier alpha value is -2.80. The molecule has 3 aromatic rings. The zero-order valence-electron chi connectivity index (χ0n) is 14.5. The lowest BCUT2D eigenvalue weighted by molar-refractivity contribution is 0.102.